The molecule has 3 N–H and O–H groups in total. The summed E-state index contributed by atoms with van der Waals surface area (Å²) in [4.78, 5) is 17.1. The number of ether oxygens (including phenoxy) is 1. The predicted octanol–water partition coefficient (Wildman–Crippen LogP) is 4.69. The van der Waals surface area contributed by atoms with Crippen LogP contribution in [0.5, 0.6) is 5.75 Å². The number of carbonyl (C=O) groups is 1. The molecule has 128 valence electrons. The van der Waals surface area contributed by atoms with Gasteiger partial charge in [0.05, 0.1) is 39.6 Å². The van der Waals surface area contributed by atoms with Gasteiger partial charge < -0.3 is 15.8 Å². The Balaban J connectivity index is 1.97. The lowest BCUT2D eigenvalue weighted by atomic mass is 10.1. The highest BCUT2D eigenvalue weighted by molar-refractivity contribution is 6.39. The molecule has 0 aliphatic rings. The minimum atomic E-state index is -0.313. The van der Waals surface area contributed by atoms with Gasteiger partial charge in [0.15, 0.2) is 0 Å². The zero-order chi connectivity index (χ0) is 18.1. The molecule has 0 radical (unpaired) electrons. The number of nitrogen functional groups attached to an aromatic ring is 1. The van der Waals surface area contributed by atoms with E-state index in [0.717, 1.165) is 10.9 Å². The van der Waals surface area contributed by atoms with Gasteiger partial charge in [0, 0.05) is 11.1 Å². The lowest BCUT2D eigenvalue weighted by Gasteiger charge is -2.11. The van der Waals surface area contributed by atoms with Crippen LogP contribution in [-0.4, -0.2) is 18.0 Å². The molecule has 5 nitrogen and oxygen atoms in total. The molecule has 1 amide bonds. The SMILES string of the molecule is COc1ccc2nc(C)c(C(=O)Nc3cc(Cl)c(N)c(Cl)c3)cc2c1. The number of nitrogens with two attached hydrogens (primary N) is 1. The normalized spacial score (nSPS) is 10.7. The molecule has 0 aliphatic heterocycles. The Morgan fingerprint density at radius 3 is 2.48 bits per heavy atom. The highest BCUT2D eigenvalue weighted by Gasteiger charge is 2.14. The number of anilines is 2. The number of aromatic nitrogens is 1. The quantitative estimate of drug-likeness (QED) is 0.650. The summed E-state index contributed by atoms with van der Waals surface area (Å²) in [5.41, 5.74) is 8.29. The summed E-state index contributed by atoms with van der Waals surface area (Å²) in [5, 5.41) is 4.13. The monoisotopic (exact) mass is 375 g/mol. The van der Waals surface area contributed by atoms with Gasteiger partial charge in [-0.25, -0.2) is 0 Å². The third kappa shape index (κ3) is 3.48. The lowest BCUT2D eigenvalue weighted by Crippen LogP contribution is -2.14. The van der Waals surface area contributed by atoms with Crippen LogP contribution in [0.15, 0.2) is 36.4 Å². The second kappa shape index (κ2) is 6.78. The maximum absolute atomic E-state index is 12.6. The second-order valence-corrected chi connectivity index (χ2v) is 6.30. The summed E-state index contributed by atoms with van der Waals surface area (Å²) in [6.45, 7) is 1.78. The fourth-order valence-electron chi connectivity index (χ4n) is 2.46. The number of rotatable bonds is 3. The van der Waals surface area contributed by atoms with E-state index in [9.17, 15) is 4.79 Å². The van der Waals surface area contributed by atoms with Crippen LogP contribution >= 0.6 is 23.2 Å². The van der Waals surface area contributed by atoms with E-state index >= 15 is 0 Å². The molecule has 1 heterocycles. The maximum atomic E-state index is 12.6. The van der Waals surface area contributed by atoms with E-state index in [2.05, 4.69) is 10.3 Å². The van der Waals surface area contributed by atoms with Crippen molar-refractivity contribution in [2.24, 2.45) is 0 Å². The second-order valence-electron chi connectivity index (χ2n) is 5.49. The molecule has 7 heteroatoms. The molecule has 1 aromatic heterocycles. The molecule has 0 aliphatic carbocycles. The molecular weight excluding hydrogens is 361 g/mol. The Morgan fingerprint density at radius 2 is 1.84 bits per heavy atom. The number of benzene rings is 2. The van der Waals surface area contributed by atoms with Crippen molar-refractivity contribution >= 4 is 51.4 Å². The summed E-state index contributed by atoms with van der Waals surface area (Å²) in [6.07, 6.45) is 0. The number of methoxy groups -OCH3 is 1. The number of fused-ring (bicyclic) bond motifs is 1. The number of amides is 1. The summed E-state index contributed by atoms with van der Waals surface area (Å²) < 4.78 is 5.22. The number of nitrogens with one attached hydrogen (secondary N) is 1. The van der Waals surface area contributed by atoms with Gasteiger partial charge in [-0.2, -0.15) is 0 Å². The standard InChI is InChI=1S/C18H15Cl2N3O2/c1-9-13(6-10-5-12(25-2)3-4-16(10)22-9)18(24)23-11-7-14(19)17(21)15(20)8-11/h3-8H,21H2,1-2H3,(H,23,24). The van der Waals surface area contributed by atoms with Gasteiger partial charge >= 0.3 is 0 Å². The van der Waals surface area contributed by atoms with E-state index in [-0.39, 0.29) is 21.6 Å². The Bertz CT molecular complexity index is 966. The largest absolute Gasteiger partial charge is 0.497 e. The van der Waals surface area contributed by atoms with Crippen molar-refractivity contribution in [2.75, 3.05) is 18.2 Å². The first kappa shape index (κ1) is 17.3. The van der Waals surface area contributed by atoms with Crippen molar-refractivity contribution in [2.45, 2.75) is 6.92 Å². The molecule has 3 rings (SSSR count). The van der Waals surface area contributed by atoms with Crippen LogP contribution in [0.2, 0.25) is 10.0 Å². The van der Waals surface area contributed by atoms with E-state index in [0.29, 0.717) is 22.7 Å². The Labute approximate surface area is 154 Å². The van der Waals surface area contributed by atoms with E-state index < -0.39 is 0 Å². The van der Waals surface area contributed by atoms with Crippen LogP contribution < -0.4 is 15.8 Å². The van der Waals surface area contributed by atoms with Crippen molar-refractivity contribution in [3.8, 4) is 5.75 Å². The smallest absolute Gasteiger partial charge is 0.257 e. The number of aryl methyl sites for hydroxylation is 1. The van der Waals surface area contributed by atoms with Crippen LogP contribution in [0.1, 0.15) is 16.1 Å². The van der Waals surface area contributed by atoms with Gasteiger partial charge in [0.2, 0.25) is 0 Å². The summed E-state index contributed by atoms with van der Waals surface area (Å²) in [5.74, 6) is 0.383. The molecule has 25 heavy (non-hydrogen) atoms. The van der Waals surface area contributed by atoms with Crippen LogP contribution in [0.4, 0.5) is 11.4 Å². The lowest BCUT2D eigenvalue weighted by molar-refractivity contribution is 0.102. The molecule has 0 atom stereocenters. The average Bonchev–Trinajstić information content (AvgIpc) is 2.58. The third-order valence-corrected chi connectivity index (χ3v) is 4.42. The number of hydrogen-bond acceptors (Lipinski definition) is 4. The van der Waals surface area contributed by atoms with Crippen LogP contribution in [0, 0.1) is 6.92 Å². The highest BCUT2D eigenvalue weighted by Crippen LogP contribution is 2.31. The first-order valence-electron chi connectivity index (χ1n) is 7.40. The minimum absolute atomic E-state index is 0.275. The zero-order valence-electron chi connectivity index (χ0n) is 13.6. The maximum Gasteiger partial charge on any atom is 0.257 e. The Hall–Kier alpha value is -2.50. The fraction of sp³-hybridized carbons (Fsp3) is 0.111. The summed E-state index contributed by atoms with van der Waals surface area (Å²) in [7, 11) is 1.59. The van der Waals surface area contributed by atoms with Gasteiger partial charge in [-0.15, -0.1) is 0 Å². The third-order valence-electron chi connectivity index (χ3n) is 3.79. The molecule has 0 bridgehead atoms. The molecule has 2 aromatic carbocycles. The van der Waals surface area contributed by atoms with Gasteiger partial charge in [-0.1, -0.05) is 23.2 Å². The Kier molecular flexibility index (Phi) is 4.70. The number of halogens is 2. The van der Waals surface area contributed by atoms with Crippen LogP contribution in [0.3, 0.4) is 0 Å². The summed E-state index contributed by atoms with van der Waals surface area (Å²) in [6, 6.07) is 10.4. The Morgan fingerprint density at radius 1 is 1.16 bits per heavy atom. The molecular formula is C18H15Cl2N3O2. The molecule has 3 aromatic rings. The number of hydrogen-bond donors (Lipinski definition) is 2. The first-order valence-corrected chi connectivity index (χ1v) is 8.16. The molecule has 0 unspecified atom stereocenters. The van der Waals surface area contributed by atoms with Gasteiger partial charge in [-0.05, 0) is 43.3 Å². The molecule has 0 fully saturated rings. The predicted molar refractivity (Wildman–Crippen MR) is 102 cm³/mol. The zero-order valence-corrected chi connectivity index (χ0v) is 15.1. The average molecular weight is 376 g/mol. The summed E-state index contributed by atoms with van der Waals surface area (Å²) >= 11 is 12.0. The van der Waals surface area contributed by atoms with Gasteiger partial charge in [-0.3, -0.25) is 9.78 Å². The topological polar surface area (TPSA) is 77.2 Å². The number of carbonyl (C=O) groups excluding carboxylic acids is 1. The van der Waals surface area contributed by atoms with Crippen molar-refractivity contribution in [1.29, 1.82) is 0 Å². The minimum Gasteiger partial charge on any atom is -0.497 e. The van der Waals surface area contributed by atoms with Gasteiger partial charge in [0.25, 0.3) is 5.91 Å². The van der Waals surface area contributed by atoms with Crippen molar-refractivity contribution in [1.82, 2.24) is 4.98 Å². The highest BCUT2D eigenvalue weighted by atomic mass is 35.5. The number of pyridine rings is 1. The molecule has 0 saturated carbocycles. The van der Waals surface area contributed by atoms with Crippen molar-refractivity contribution in [3.05, 3.63) is 57.7 Å². The molecule has 0 spiro atoms. The van der Waals surface area contributed by atoms with Crippen LogP contribution in [-0.2, 0) is 0 Å². The van der Waals surface area contributed by atoms with E-state index in [4.69, 9.17) is 33.7 Å². The van der Waals surface area contributed by atoms with Crippen molar-refractivity contribution < 1.29 is 9.53 Å². The first-order chi connectivity index (χ1) is 11.9. The van der Waals surface area contributed by atoms with E-state index in [1.165, 1.54) is 0 Å². The van der Waals surface area contributed by atoms with Gasteiger partial charge in [0.1, 0.15) is 5.75 Å². The van der Waals surface area contributed by atoms with E-state index in [1.807, 2.05) is 18.2 Å². The molecule has 0 saturated heterocycles. The van der Waals surface area contributed by atoms with Crippen LogP contribution in [0.25, 0.3) is 10.9 Å². The van der Waals surface area contributed by atoms with E-state index in [1.54, 1.807) is 32.2 Å². The fourth-order valence-corrected chi connectivity index (χ4v) is 2.95. The van der Waals surface area contributed by atoms with Crippen molar-refractivity contribution in [3.63, 3.8) is 0 Å². The number of nitrogens with zero attached hydrogens (tertiary/aromatic N) is 1.